The Hall–Kier alpha value is -2.12. The van der Waals surface area contributed by atoms with Crippen LogP contribution in [0.1, 0.15) is 33.1 Å². The van der Waals surface area contributed by atoms with Gasteiger partial charge in [-0.2, -0.15) is 0 Å². The second-order valence-electron chi connectivity index (χ2n) is 4.43. The highest BCUT2D eigenvalue weighted by Gasteiger charge is 2.17. The summed E-state index contributed by atoms with van der Waals surface area (Å²) in [5.41, 5.74) is 5.32. The standard InChI is InChI=1S/C12H21N5O3/c1-3-4-5-6-14-11(19)9(2)20-10(18)7-17-8-15-12(13)16-17/h8-9H,3-7H2,1-2H3,(H2,13,16)(H,14,19). The number of ether oxygens (including phenoxy) is 1. The zero-order chi connectivity index (χ0) is 15.0. The molecule has 8 heteroatoms. The van der Waals surface area contributed by atoms with Crippen molar-refractivity contribution in [3.8, 4) is 0 Å². The number of nitrogens with zero attached hydrogens (tertiary/aromatic N) is 3. The number of carbonyl (C=O) groups excluding carboxylic acids is 2. The molecule has 20 heavy (non-hydrogen) atoms. The Labute approximate surface area is 117 Å². The Bertz CT molecular complexity index is 446. The number of rotatable bonds is 8. The van der Waals surface area contributed by atoms with Gasteiger partial charge in [-0.15, -0.1) is 5.10 Å². The number of esters is 1. The molecule has 0 aliphatic carbocycles. The maximum Gasteiger partial charge on any atom is 0.328 e. The molecular formula is C12H21N5O3. The molecular weight excluding hydrogens is 262 g/mol. The largest absolute Gasteiger partial charge is 0.451 e. The van der Waals surface area contributed by atoms with Crippen molar-refractivity contribution in [2.75, 3.05) is 12.3 Å². The van der Waals surface area contributed by atoms with E-state index in [1.165, 1.54) is 17.9 Å². The number of aromatic nitrogens is 3. The lowest BCUT2D eigenvalue weighted by Gasteiger charge is -2.13. The molecule has 1 amide bonds. The number of nitrogen functional groups attached to an aromatic ring is 1. The van der Waals surface area contributed by atoms with Gasteiger partial charge in [0.05, 0.1) is 0 Å². The summed E-state index contributed by atoms with van der Waals surface area (Å²) in [5.74, 6) is -0.779. The molecule has 8 nitrogen and oxygen atoms in total. The van der Waals surface area contributed by atoms with Crippen LogP contribution in [0.4, 0.5) is 5.95 Å². The molecule has 0 aliphatic rings. The van der Waals surface area contributed by atoms with Crippen LogP contribution < -0.4 is 11.1 Å². The van der Waals surface area contributed by atoms with Crippen LogP contribution in [0.2, 0.25) is 0 Å². The molecule has 0 aliphatic heterocycles. The summed E-state index contributed by atoms with van der Waals surface area (Å²) in [6.45, 7) is 4.08. The molecule has 0 radical (unpaired) electrons. The summed E-state index contributed by atoms with van der Waals surface area (Å²) >= 11 is 0. The van der Waals surface area contributed by atoms with Crippen LogP contribution in [0, 0.1) is 0 Å². The van der Waals surface area contributed by atoms with E-state index in [1.807, 2.05) is 0 Å². The summed E-state index contributed by atoms with van der Waals surface area (Å²) in [5, 5.41) is 6.47. The van der Waals surface area contributed by atoms with Crippen molar-refractivity contribution in [3.63, 3.8) is 0 Å². The maximum atomic E-state index is 11.7. The minimum absolute atomic E-state index is 0.0829. The fourth-order valence-corrected chi connectivity index (χ4v) is 1.54. The minimum Gasteiger partial charge on any atom is -0.451 e. The van der Waals surface area contributed by atoms with Crippen molar-refractivity contribution >= 4 is 17.8 Å². The smallest absolute Gasteiger partial charge is 0.328 e. The molecule has 1 aromatic heterocycles. The molecule has 112 valence electrons. The molecule has 1 aromatic rings. The zero-order valence-electron chi connectivity index (χ0n) is 11.8. The third-order valence-electron chi connectivity index (χ3n) is 2.60. The highest BCUT2D eigenvalue weighted by atomic mass is 16.5. The van der Waals surface area contributed by atoms with Gasteiger partial charge < -0.3 is 15.8 Å². The average Bonchev–Trinajstić information content (AvgIpc) is 2.79. The van der Waals surface area contributed by atoms with Crippen molar-refractivity contribution in [3.05, 3.63) is 6.33 Å². The number of amides is 1. The van der Waals surface area contributed by atoms with E-state index in [1.54, 1.807) is 0 Å². The fourth-order valence-electron chi connectivity index (χ4n) is 1.54. The molecule has 1 unspecified atom stereocenters. The molecule has 0 spiro atoms. The van der Waals surface area contributed by atoms with Gasteiger partial charge in [-0.05, 0) is 13.3 Å². The van der Waals surface area contributed by atoms with Crippen LogP contribution in [0.25, 0.3) is 0 Å². The van der Waals surface area contributed by atoms with Crippen LogP contribution in [0.5, 0.6) is 0 Å². The Balaban J connectivity index is 2.28. The van der Waals surface area contributed by atoms with Crippen molar-refractivity contribution in [1.29, 1.82) is 0 Å². The SMILES string of the molecule is CCCCCNC(=O)C(C)OC(=O)Cn1cnc(N)n1. The third kappa shape index (κ3) is 5.68. The van der Waals surface area contributed by atoms with Gasteiger partial charge in [0.15, 0.2) is 6.10 Å². The normalized spacial score (nSPS) is 11.9. The van der Waals surface area contributed by atoms with Crippen molar-refractivity contribution in [2.24, 2.45) is 0 Å². The number of nitrogens with two attached hydrogens (primary N) is 1. The Morgan fingerprint density at radius 3 is 2.85 bits per heavy atom. The molecule has 0 fully saturated rings. The topological polar surface area (TPSA) is 112 Å². The Morgan fingerprint density at radius 2 is 2.25 bits per heavy atom. The number of unbranched alkanes of at least 4 members (excludes halogenated alkanes) is 2. The second-order valence-corrected chi connectivity index (χ2v) is 4.43. The van der Waals surface area contributed by atoms with E-state index in [0.717, 1.165) is 19.3 Å². The van der Waals surface area contributed by atoms with Crippen LogP contribution in [-0.4, -0.2) is 39.3 Å². The first-order valence-electron chi connectivity index (χ1n) is 6.65. The molecule has 0 saturated carbocycles. The average molecular weight is 283 g/mol. The Morgan fingerprint density at radius 1 is 1.50 bits per heavy atom. The van der Waals surface area contributed by atoms with Crippen molar-refractivity contribution in [1.82, 2.24) is 20.1 Å². The molecule has 1 rings (SSSR count). The van der Waals surface area contributed by atoms with E-state index < -0.39 is 12.1 Å². The summed E-state index contributed by atoms with van der Waals surface area (Å²) in [7, 11) is 0. The predicted octanol–water partition coefficient (Wildman–Crippen LogP) is 0.0984. The molecule has 0 bridgehead atoms. The quantitative estimate of drug-likeness (QED) is 0.517. The lowest BCUT2D eigenvalue weighted by Crippen LogP contribution is -2.37. The number of carbonyl (C=O) groups is 2. The van der Waals surface area contributed by atoms with Crippen LogP contribution in [0.3, 0.4) is 0 Å². The first-order valence-corrected chi connectivity index (χ1v) is 6.65. The predicted molar refractivity (Wildman–Crippen MR) is 72.5 cm³/mol. The van der Waals surface area contributed by atoms with Crippen LogP contribution >= 0.6 is 0 Å². The number of hydrogen-bond donors (Lipinski definition) is 2. The highest BCUT2D eigenvalue weighted by Crippen LogP contribution is 1.97. The molecule has 1 atom stereocenters. The Kier molecular flexibility index (Phi) is 6.48. The molecule has 0 aromatic carbocycles. The first-order chi connectivity index (χ1) is 9.52. The van der Waals surface area contributed by atoms with Gasteiger partial charge in [0.1, 0.15) is 12.9 Å². The fraction of sp³-hybridized carbons (Fsp3) is 0.667. The highest BCUT2D eigenvalue weighted by molar-refractivity contribution is 5.83. The van der Waals surface area contributed by atoms with Gasteiger partial charge in [-0.1, -0.05) is 19.8 Å². The zero-order valence-corrected chi connectivity index (χ0v) is 11.8. The second kappa shape index (κ2) is 8.13. The third-order valence-corrected chi connectivity index (χ3v) is 2.60. The summed E-state index contributed by atoms with van der Waals surface area (Å²) in [4.78, 5) is 26.9. The van der Waals surface area contributed by atoms with E-state index in [-0.39, 0.29) is 18.4 Å². The lowest BCUT2D eigenvalue weighted by atomic mass is 10.2. The maximum absolute atomic E-state index is 11.7. The summed E-state index contributed by atoms with van der Waals surface area (Å²) in [6, 6.07) is 0. The number of hydrogen-bond acceptors (Lipinski definition) is 6. The van der Waals surface area contributed by atoms with E-state index in [0.29, 0.717) is 6.54 Å². The monoisotopic (exact) mass is 283 g/mol. The van der Waals surface area contributed by atoms with Gasteiger partial charge in [0, 0.05) is 6.54 Å². The van der Waals surface area contributed by atoms with E-state index in [2.05, 4.69) is 22.3 Å². The summed E-state index contributed by atoms with van der Waals surface area (Å²) < 4.78 is 6.26. The van der Waals surface area contributed by atoms with Gasteiger partial charge in [0.25, 0.3) is 5.91 Å². The number of nitrogens with one attached hydrogen (secondary N) is 1. The van der Waals surface area contributed by atoms with E-state index in [9.17, 15) is 9.59 Å². The van der Waals surface area contributed by atoms with Crippen molar-refractivity contribution < 1.29 is 14.3 Å². The molecule has 3 N–H and O–H groups in total. The summed E-state index contributed by atoms with van der Waals surface area (Å²) in [6.07, 6.45) is 3.56. The van der Waals surface area contributed by atoms with Crippen molar-refractivity contribution in [2.45, 2.75) is 45.8 Å². The first kappa shape index (κ1) is 15.9. The van der Waals surface area contributed by atoms with E-state index in [4.69, 9.17) is 10.5 Å². The lowest BCUT2D eigenvalue weighted by molar-refractivity contribution is -0.155. The number of anilines is 1. The van der Waals surface area contributed by atoms with Crippen LogP contribution in [0.15, 0.2) is 6.33 Å². The van der Waals surface area contributed by atoms with Gasteiger partial charge in [-0.3, -0.25) is 9.59 Å². The van der Waals surface area contributed by atoms with Gasteiger partial charge in [0.2, 0.25) is 5.95 Å². The van der Waals surface area contributed by atoms with E-state index >= 15 is 0 Å². The van der Waals surface area contributed by atoms with Crippen LogP contribution in [-0.2, 0) is 20.9 Å². The molecule has 1 heterocycles. The molecule has 0 saturated heterocycles. The van der Waals surface area contributed by atoms with Gasteiger partial charge >= 0.3 is 5.97 Å². The van der Waals surface area contributed by atoms with Gasteiger partial charge in [-0.25, -0.2) is 9.67 Å². The minimum atomic E-state index is -0.829.